The quantitative estimate of drug-likeness (QED) is 0.716. The van der Waals surface area contributed by atoms with E-state index in [4.69, 9.17) is 25.8 Å². The first kappa shape index (κ1) is 20.4. The summed E-state index contributed by atoms with van der Waals surface area (Å²) in [6, 6.07) is 6.87. The van der Waals surface area contributed by atoms with Crippen LogP contribution in [0.1, 0.15) is 32.3 Å². The summed E-state index contributed by atoms with van der Waals surface area (Å²) in [6.07, 6.45) is -0.774. The number of carbonyl (C=O) groups excluding carboxylic acids is 3. The monoisotopic (exact) mass is 407 g/mol. The highest BCUT2D eigenvalue weighted by Gasteiger charge is 2.62. The normalized spacial score (nSPS) is 29.6. The number of allylic oxidation sites excluding steroid dienone is 1. The van der Waals surface area contributed by atoms with E-state index in [1.165, 1.54) is 19.1 Å². The summed E-state index contributed by atoms with van der Waals surface area (Å²) < 4.78 is 16.0. The minimum Gasteiger partial charge on any atom is -0.469 e. The third kappa shape index (κ3) is 2.89. The average molecular weight is 408 g/mol. The number of rotatable bonds is 3. The van der Waals surface area contributed by atoms with E-state index in [2.05, 4.69) is 0 Å². The van der Waals surface area contributed by atoms with Crippen LogP contribution in [0.25, 0.3) is 0 Å². The van der Waals surface area contributed by atoms with Gasteiger partial charge in [-0.2, -0.15) is 0 Å². The van der Waals surface area contributed by atoms with E-state index in [9.17, 15) is 14.4 Å². The van der Waals surface area contributed by atoms with Gasteiger partial charge in [0.1, 0.15) is 12.0 Å². The fraction of sp³-hybridized carbons (Fsp3) is 0.450. The van der Waals surface area contributed by atoms with Crippen molar-refractivity contribution in [2.24, 2.45) is 5.92 Å². The molecule has 28 heavy (non-hydrogen) atoms. The topological polar surface area (TPSA) is 82.1 Å². The van der Waals surface area contributed by atoms with Crippen molar-refractivity contribution in [2.45, 2.75) is 38.5 Å². The zero-order valence-electron chi connectivity index (χ0n) is 16.3. The molecule has 2 heterocycles. The van der Waals surface area contributed by atoms with Crippen molar-refractivity contribution in [3.8, 4) is 0 Å². The highest BCUT2D eigenvalue weighted by Crippen LogP contribution is 2.52. The van der Waals surface area contributed by atoms with Crippen molar-refractivity contribution < 1.29 is 28.6 Å². The summed E-state index contributed by atoms with van der Waals surface area (Å²) in [7, 11) is 2.51. The zero-order chi connectivity index (χ0) is 20.8. The Labute approximate surface area is 168 Å². The fourth-order valence-corrected chi connectivity index (χ4v) is 4.52. The maximum Gasteiger partial charge on any atom is 0.336 e. The lowest BCUT2D eigenvalue weighted by Crippen LogP contribution is -2.58. The number of ether oxygens (including phenoxy) is 3. The molecule has 1 amide bonds. The SMILES string of the molecule is COC(=O)C1=C(C)N2C(=O)[C@H](C)O[C@@]2(C)[C@@H](C(=O)OC)[C@@H]1c1cccc(Cl)c1. The number of benzene rings is 1. The van der Waals surface area contributed by atoms with Crippen molar-refractivity contribution in [3.05, 3.63) is 46.1 Å². The first-order chi connectivity index (χ1) is 13.2. The average Bonchev–Trinajstić information content (AvgIpc) is 2.89. The number of fused-ring (bicyclic) bond motifs is 1. The highest BCUT2D eigenvalue weighted by molar-refractivity contribution is 6.30. The van der Waals surface area contributed by atoms with Crippen LogP contribution in [-0.2, 0) is 28.6 Å². The first-order valence-electron chi connectivity index (χ1n) is 8.81. The highest BCUT2D eigenvalue weighted by atomic mass is 35.5. The molecule has 2 aliphatic heterocycles. The summed E-state index contributed by atoms with van der Waals surface area (Å²) in [5.41, 5.74) is -0.116. The molecule has 150 valence electrons. The van der Waals surface area contributed by atoms with E-state index in [-0.39, 0.29) is 11.5 Å². The molecule has 1 fully saturated rings. The molecule has 4 atom stereocenters. The van der Waals surface area contributed by atoms with E-state index in [0.717, 1.165) is 0 Å². The van der Waals surface area contributed by atoms with Gasteiger partial charge in [0.05, 0.1) is 19.8 Å². The Morgan fingerprint density at radius 1 is 1.25 bits per heavy atom. The summed E-state index contributed by atoms with van der Waals surface area (Å²) in [5.74, 6) is -3.33. The van der Waals surface area contributed by atoms with Gasteiger partial charge in [-0.25, -0.2) is 4.79 Å². The smallest absolute Gasteiger partial charge is 0.336 e. The lowest BCUT2D eigenvalue weighted by molar-refractivity contribution is -0.175. The predicted octanol–water partition coefficient (Wildman–Crippen LogP) is 2.64. The molecular weight excluding hydrogens is 386 g/mol. The van der Waals surface area contributed by atoms with E-state index in [0.29, 0.717) is 16.3 Å². The van der Waals surface area contributed by atoms with Crippen LogP contribution in [-0.4, -0.2) is 48.8 Å². The van der Waals surface area contributed by atoms with Crippen molar-refractivity contribution in [3.63, 3.8) is 0 Å². The minimum atomic E-state index is -1.32. The summed E-state index contributed by atoms with van der Waals surface area (Å²) in [6.45, 7) is 4.92. The van der Waals surface area contributed by atoms with Crippen LogP contribution >= 0.6 is 11.6 Å². The molecule has 3 rings (SSSR count). The van der Waals surface area contributed by atoms with Gasteiger partial charge in [-0.05, 0) is 38.5 Å². The molecule has 0 saturated carbocycles. The first-order valence-corrected chi connectivity index (χ1v) is 9.19. The molecule has 0 aliphatic carbocycles. The number of amides is 1. The molecule has 0 radical (unpaired) electrons. The summed E-state index contributed by atoms with van der Waals surface area (Å²) in [4.78, 5) is 39.8. The molecule has 0 bridgehead atoms. The molecule has 0 unspecified atom stereocenters. The molecule has 1 aromatic carbocycles. The van der Waals surface area contributed by atoms with E-state index in [1.807, 2.05) is 0 Å². The van der Waals surface area contributed by atoms with Gasteiger partial charge in [0.25, 0.3) is 5.91 Å². The van der Waals surface area contributed by atoms with Crippen molar-refractivity contribution in [1.29, 1.82) is 0 Å². The fourth-order valence-electron chi connectivity index (χ4n) is 4.32. The number of nitrogens with zero attached hydrogens (tertiary/aromatic N) is 1. The molecule has 0 N–H and O–H groups in total. The number of carbonyl (C=O) groups is 3. The van der Waals surface area contributed by atoms with Crippen molar-refractivity contribution >= 4 is 29.4 Å². The van der Waals surface area contributed by atoms with E-state index in [1.54, 1.807) is 45.0 Å². The number of halogens is 1. The van der Waals surface area contributed by atoms with Gasteiger partial charge in [-0.1, -0.05) is 23.7 Å². The van der Waals surface area contributed by atoms with Crippen molar-refractivity contribution in [2.75, 3.05) is 14.2 Å². The van der Waals surface area contributed by atoms with Crippen LogP contribution < -0.4 is 0 Å². The Balaban J connectivity index is 2.35. The molecule has 8 heteroatoms. The largest absolute Gasteiger partial charge is 0.469 e. The van der Waals surface area contributed by atoms with Crippen LogP contribution in [0, 0.1) is 5.92 Å². The number of methoxy groups -OCH3 is 2. The molecule has 1 saturated heterocycles. The van der Waals surface area contributed by atoms with Crippen molar-refractivity contribution in [1.82, 2.24) is 4.90 Å². The maximum absolute atomic E-state index is 12.9. The third-order valence-corrected chi connectivity index (χ3v) is 5.68. The van der Waals surface area contributed by atoms with Gasteiger partial charge in [-0.3, -0.25) is 14.5 Å². The van der Waals surface area contributed by atoms with Crippen LogP contribution in [0.5, 0.6) is 0 Å². The Morgan fingerprint density at radius 3 is 2.50 bits per heavy atom. The number of hydrogen-bond acceptors (Lipinski definition) is 6. The summed E-state index contributed by atoms with van der Waals surface area (Å²) >= 11 is 6.17. The van der Waals surface area contributed by atoms with Gasteiger partial charge in [-0.15, -0.1) is 0 Å². The lowest BCUT2D eigenvalue weighted by atomic mass is 9.71. The predicted molar refractivity (Wildman–Crippen MR) is 100 cm³/mol. The number of hydrogen-bond donors (Lipinski definition) is 0. The summed E-state index contributed by atoms with van der Waals surface area (Å²) in [5, 5.41) is 0.451. The van der Waals surface area contributed by atoms with Crippen LogP contribution in [0.2, 0.25) is 5.02 Å². The molecular formula is C20H22ClNO6. The Morgan fingerprint density at radius 2 is 1.93 bits per heavy atom. The van der Waals surface area contributed by atoms with E-state index < -0.39 is 35.6 Å². The standard InChI is InChI=1S/C20H22ClNO6/c1-10-14(18(24)26-4)15(12-7-6-8-13(21)9-12)16(19(25)27-5)20(3)22(10)17(23)11(2)28-20/h6-9,11,15-16H,1-5H3/t11-,15+,16+,20-/m0/s1. The van der Waals surface area contributed by atoms with Gasteiger partial charge in [0.15, 0.2) is 5.72 Å². The van der Waals surface area contributed by atoms with Gasteiger partial charge in [0, 0.05) is 16.6 Å². The maximum atomic E-state index is 12.9. The van der Waals surface area contributed by atoms with Gasteiger partial charge in [0.2, 0.25) is 0 Å². The molecule has 1 aromatic rings. The zero-order valence-corrected chi connectivity index (χ0v) is 17.1. The second-order valence-corrected chi connectivity index (χ2v) is 7.45. The Kier molecular flexibility index (Phi) is 5.25. The Hall–Kier alpha value is -2.38. The molecule has 2 aliphatic rings. The lowest BCUT2D eigenvalue weighted by Gasteiger charge is -2.47. The minimum absolute atomic E-state index is 0.198. The molecule has 0 spiro atoms. The van der Waals surface area contributed by atoms with Gasteiger partial charge < -0.3 is 14.2 Å². The van der Waals surface area contributed by atoms with E-state index >= 15 is 0 Å². The van der Waals surface area contributed by atoms with Crippen LogP contribution in [0.15, 0.2) is 35.5 Å². The van der Waals surface area contributed by atoms with Crippen LogP contribution in [0.3, 0.4) is 0 Å². The molecule has 7 nitrogen and oxygen atoms in total. The second-order valence-electron chi connectivity index (χ2n) is 7.01. The van der Waals surface area contributed by atoms with Crippen LogP contribution in [0.4, 0.5) is 0 Å². The van der Waals surface area contributed by atoms with Gasteiger partial charge >= 0.3 is 11.9 Å². The Bertz CT molecular complexity index is 881. The number of esters is 2. The second kappa shape index (κ2) is 7.22. The molecule has 0 aromatic heterocycles. The third-order valence-electron chi connectivity index (χ3n) is 5.44.